The molecule has 0 spiro atoms. The molecule has 3 rings (SSSR count). The van der Waals surface area contributed by atoms with Gasteiger partial charge in [-0.15, -0.1) is 23.7 Å². The van der Waals surface area contributed by atoms with Gasteiger partial charge in [0.1, 0.15) is 13.2 Å². The Hall–Kier alpha value is -2.29. The third kappa shape index (κ3) is 4.62. The number of thiophene rings is 1. The van der Waals surface area contributed by atoms with E-state index in [4.69, 9.17) is 9.47 Å². The lowest BCUT2D eigenvalue weighted by Gasteiger charge is -2.21. The lowest BCUT2D eigenvalue weighted by Crippen LogP contribution is -2.26. The summed E-state index contributed by atoms with van der Waals surface area (Å²) in [6.07, 6.45) is 0. The quantitative estimate of drug-likeness (QED) is 0.737. The van der Waals surface area contributed by atoms with Gasteiger partial charge in [0, 0.05) is 12.1 Å². The van der Waals surface area contributed by atoms with E-state index in [-0.39, 0.29) is 30.8 Å². The van der Waals surface area contributed by atoms with Crippen molar-refractivity contribution in [1.82, 2.24) is 5.32 Å². The fraction of sp³-hybridized carbons (Fsp3) is 0.250. The van der Waals surface area contributed by atoms with Crippen LogP contribution in [0.3, 0.4) is 0 Å². The highest BCUT2D eigenvalue weighted by molar-refractivity contribution is 7.12. The molecule has 0 radical (unpaired) electrons. The van der Waals surface area contributed by atoms with Gasteiger partial charge in [-0.3, -0.25) is 9.59 Å². The van der Waals surface area contributed by atoms with Gasteiger partial charge >= 0.3 is 0 Å². The molecule has 3 N–H and O–H groups in total. The number of likely N-dealkylation sites (N-methyl/N-ethyl adjacent to an activating group) is 1. The standard InChI is InChI=1S/C16H17N3O4S.ClH/c1-17-9-15(20)18-10-7-12-13(23-5-4-22-12)8-11(10)19-16(21)14-3-2-6-24-14;/h2-3,6-8,17H,4-5,9H2,1H3,(H,18,20)(H,19,21);1H. The Morgan fingerprint density at radius 1 is 1.12 bits per heavy atom. The van der Waals surface area contributed by atoms with Crippen molar-refractivity contribution < 1.29 is 19.1 Å². The number of ether oxygens (including phenoxy) is 2. The molecule has 2 amide bonds. The SMILES string of the molecule is CNCC(=O)Nc1cc2c(cc1NC(=O)c1cccs1)OCCO2.Cl. The van der Waals surface area contributed by atoms with Crippen LogP contribution < -0.4 is 25.4 Å². The van der Waals surface area contributed by atoms with Crippen LogP contribution in [0.5, 0.6) is 11.5 Å². The van der Waals surface area contributed by atoms with Crippen molar-refractivity contribution in [2.24, 2.45) is 0 Å². The molecule has 7 nitrogen and oxygen atoms in total. The predicted octanol–water partition coefficient (Wildman–Crippen LogP) is 2.35. The van der Waals surface area contributed by atoms with E-state index in [0.717, 1.165) is 0 Å². The second kappa shape index (κ2) is 8.70. The van der Waals surface area contributed by atoms with E-state index in [1.165, 1.54) is 11.3 Å². The molecular weight excluding hydrogens is 366 g/mol. The maximum Gasteiger partial charge on any atom is 0.265 e. The predicted molar refractivity (Wildman–Crippen MR) is 99.5 cm³/mol. The summed E-state index contributed by atoms with van der Waals surface area (Å²) < 4.78 is 11.1. The van der Waals surface area contributed by atoms with Crippen molar-refractivity contribution in [1.29, 1.82) is 0 Å². The summed E-state index contributed by atoms with van der Waals surface area (Å²) in [5.41, 5.74) is 0.923. The molecule has 1 aliphatic rings. The number of fused-ring (bicyclic) bond motifs is 1. The number of anilines is 2. The molecule has 0 bridgehead atoms. The molecule has 0 aliphatic carbocycles. The Labute approximate surface area is 155 Å². The first-order valence-corrected chi connectivity index (χ1v) is 8.28. The van der Waals surface area contributed by atoms with Crippen molar-refractivity contribution in [3.05, 3.63) is 34.5 Å². The van der Waals surface area contributed by atoms with Gasteiger partial charge in [0.05, 0.1) is 22.8 Å². The summed E-state index contributed by atoms with van der Waals surface area (Å²) in [6.45, 7) is 1.04. The van der Waals surface area contributed by atoms with E-state index in [9.17, 15) is 9.59 Å². The van der Waals surface area contributed by atoms with E-state index in [1.807, 2.05) is 5.38 Å². The highest BCUT2D eigenvalue weighted by Gasteiger charge is 2.19. The highest BCUT2D eigenvalue weighted by atomic mass is 35.5. The first-order chi connectivity index (χ1) is 11.7. The second-order valence-electron chi connectivity index (χ2n) is 5.05. The minimum Gasteiger partial charge on any atom is -0.486 e. The number of rotatable bonds is 5. The average Bonchev–Trinajstić information content (AvgIpc) is 3.10. The van der Waals surface area contributed by atoms with Crippen LogP contribution in [0.15, 0.2) is 29.6 Å². The van der Waals surface area contributed by atoms with E-state index in [1.54, 1.807) is 31.3 Å². The van der Waals surface area contributed by atoms with Crippen LogP contribution in [0.25, 0.3) is 0 Å². The van der Waals surface area contributed by atoms with Crippen LogP contribution in [0.4, 0.5) is 11.4 Å². The van der Waals surface area contributed by atoms with Gasteiger partial charge in [0.15, 0.2) is 11.5 Å². The van der Waals surface area contributed by atoms with Gasteiger partial charge in [-0.05, 0) is 18.5 Å². The minimum absolute atomic E-state index is 0. The zero-order valence-electron chi connectivity index (χ0n) is 13.5. The zero-order chi connectivity index (χ0) is 16.9. The Morgan fingerprint density at radius 3 is 2.32 bits per heavy atom. The summed E-state index contributed by atoms with van der Waals surface area (Å²) in [5.74, 6) is 0.607. The Balaban J connectivity index is 0.00000225. The van der Waals surface area contributed by atoms with Crippen LogP contribution in [0, 0.1) is 0 Å². The third-order valence-electron chi connectivity index (χ3n) is 3.29. The maximum absolute atomic E-state index is 12.3. The van der Waals surface area contributed by atoms with Crippen LogP contribution >= 0.6 is 23.7 Å². The number of carbonyl (C=O) groups is 2. The van der Waals surface area contributed by atoms with Crippen molar-refractivity contribution >= 4 is 46.9 Å². The zero-order valence-corrected chi connectivity index (χ0v) is 15.1. The largest absolute Gasteiger partial charge is 0.486 e. The monoisotopic (exact) mass is 383 g/mol. The van der Waals surface area contributed by atoms with E-state index in [0.29, 0.717) is 41.0 Å². The minimum atomic E-state index is -0.245. The lowest BCUT2D eigenvalue weighted by atomic mass is 10.2. The fourth-order valence-electron chi connectivity index (χ4n) is 2.24. The summed E-state index contributed by atoms with van der Waals surface area (Å²) in [7, 11) is 1.68. The first kappa shape index (κ1) is 19.0. The molecule has 2 aromatic rings. The van der Waals surface area contributed by atoms with Gasteiger partial charge < -0.3 is 25.4 Å². The molecule has 0 saturated heterocycles. The van der Waals surface area contributed by atoms with Crippen molar-refractivity contribution in [2.75, 3.05) is 37.4 Å². The fourth-order valence-corrected chi connectivity index (χ4v) is 2.86. The maximum atomic E-state index is 12.3. The Bertz CT molecular complexity index is 752. The van der Waals surface area contributed by atoms with E-state index >= 15 is 0 Å². The summed E-state index contributed by atoms with van der Waals surface area (Å²) in [4.78, 5) is 24.8. The molecule has 25 heavy (non-hydrogen) atoms. The van der Waals surface area contributed by atoms with Gasteiger partial charge in [0.25, 0.3) is 5.91 Å². The molecule has 134 valence electrons. The molecule has 0 saturated carbocycles. The number of nitrogens with one attached hydrogen (secondary N) is 3. The van der Waals surface area contributed by atoms with Crippen molar-refractivity contribution in [3.8, 4) is 11.5 Å². The highest BCUT2D eigenvalue weighted by Crippen LogP contribution is 2.38. The molecule has 0 unspecified atom stereocenters. The van der Waals surface area contributed by atoms with Crippen molar-refractivity contribution in [2.45, 2.75) is 0 Å². The van der Waals surface area contributed by atoms with Gasteiger partial charge in [0.2, 0.25) is 5.91 Å². The topological polar surface area (TPSA) is 88.7 Å². The molecule has 1 aromatic carbocycles. The Morgan fingerprint density at radius 2 is 1.76 bits per heavy atom. The smallest absolute Gasteiger partial charge is 0.265 e. The summed E-state index contributed by atoms with van der Waals surface area (Å²) in [5, 5.41) is 10.2. The molecule has 0 fully saturated rings. The van der Waals surface area contributed by atoms with Gasteiger partial charge in [-0.2, -0.15) is 0 Å². The van der Waals surface area contributed by atoms with Gasteiger partial charge in [-0.25, -0.2) is 0 Å². The molecule has 9 heteroatoms. The molecule has 1 aromatic heterocycles. The van der Waals surface area contributed by atoms with Crippen LogP contribution in [-0.4, -0.2) is 38.6 Å². The number of halogens is 1. The van der Waals surface area contributed by atoms with E-state index in [2.05, 4.69) is 16.0 Å². The van der Waals surface area contributed by atoms with Gasteiger partial charge in [-0.1, -0.05) is 6.07 Å². The number of amides is 2. The molecule has 0 atom stereocenters. The number of hydrogen-bond donors (Lipinski definition) is 3. The first-order valence-electron chi connectivity index (χ1n) is 7.40. The summed E-state index contributed by atoms with van der Waals surface area (Å²) in [6, 6.07) is 6.86. The third-order valence-corrected chi connectivity index (χ3v) is 4.16. The van der Waals surface area contributed by atoms with Crippen LogP contribution in [-0.2, 0) is 4.79 Å². The normalized spacial score (nSPS) is 12.0. The lowest BCUT2D eigenvalue weighted by molar-refractivity contribution is -0.115. The average molecular weight is 384 g/mol. The number of hydrogen-bond acceptors (Lipinski definition) is 6. The molecular formula is C16H18ClN3O4S. The van der Waals surface area contributed by atoms with Crippen LogP contribution in [0.2, 0.25) is 0 Å². The van der Waals surface area contributed by atoms with E-state index < -0.39 is 0 Å². The number of benzene rings is 1. The van der Waals surface area contributed by atoms with Crippen molar-refractivity contribution in [3.63, 3.8) is 0 Å². The molecule has 2 heterocycles. The number of carbonyl (C=O) groups excluding carboxylic acids is 2. The summed E-state index contributed by atoms with van der Waals surface area (Å²) >= 11 is 1.34. The second-order valence-corrected chi connectivity index (χ2v) is 6.00. The molecule has 1 aliphatic heterocycles. The Kier molecular flexibility index (Phi) is 6.63. The van der Waals surface area contributed by atoms with Crippen LogP contribution in [0.1, 0.15) is 9.67 Å².